The van der Waals surface area contributed by atoms with Crippen LogP contribution in [0.25, 0.3) is 0 Å². The second-order valence-corrected chi connectivity index (χ2v) is 3.33. The van der Waals surface area contributed by atoms with Crippen molar-refractivity contribution in [3.8, 4) is 0 Å². The summed E-state index contributed by atoms with van der Waals surface area (Å²) < 4.78 is 5.25. The van der Waals surface area contributed by atoms with Gasteiger partial charge in [-0.15, -0.1) is 0 Å². The zero-order valence-electron chi connectivity index (χ0n) is 9.28. The Hall–Kier alpha value is -1.00. The van der Waals surface area contributed by atoms with Crippen molar-refractivity contribution in [3.05, 3.63) is 24.3 Å². The minimum Gasteiger partial charge on any atom is -0.382 e. The first kappa shape index (κ1) is 12.1. The molecule has 0 aliphatic rings. The van der Waals surface area contributed by atoms with E-state index in [1.165, 1.54) is 0 Å². The fourth-order valence-corrected chi connectivity index (χ4v) is 1.25. The number of ether oxygens (including phenoxy) is 1. The summed E-state index contributed by atoms with van der Waals surface area (Å²) in [5.41, 5.74) is 1.13. The molecule has 0 radical (unpaired) electrons. The summed E-state index contributed by atoms with van der Waals surface area (Å²) in [5.74, 6) is 0. The van der Waals surface area contributed by atoms with E-state index < -0.39 is 0 Å². The van der Waals surface area contributed by atoms with Gasteiger partial charge in [0.25, 0.3) is 0 Å². The van der Waals surface area contributed by atoms with Gasteiger partial charge in [0, 0.05) is 37.7 Å². The average molecular weight is 209 g/mol. The Balaban J connectivity index is 1.93. The van der Waals surface area contributed by atoms with Crippen molar-refractivity contribution >= 4 is 0 Å². The Kier molecular flexibility index (Phi) is 6.70. The van der Waals surface area contributed by atoms with Crippen LogP contribution in [0.5, 0.6) is 0 Å². The van der Waals surface area contributed by atoms with E-state index in [-0.39, 0.29) is 0 Å². The van der Waals surface area contributed by atoms with Crippen LogP contribution in [0.2, 0.25) is 0 Å². The van der Waals surface area contributed by atoms with Crippen LogP contribution in [0.4, 0.5) is 0 Å². The van der Waals surface area contributed by atoms with Gasteiger partial charge in [-0.25, -0.2) is 9.97 Å². The van der Waals surface area contributed by atoms with E-state index in [2.05, 4.69) is 15.3 Å². The molecule has 0 unspecified atom stereocenters. The van der Waals surface area contributed by atoms with Gasteiger partial charge in [-0.2, -0.15) is 0 Å². The lowest BCUT2D eigenvalue weighted by atomic mass is 10.3. The lowest BCUT2D eigenvalue weighted by Crippen LogP contribution is -2.15. The number of hydrogen-bond donors (Lipinski definition) is 1. The van der Waals surface area contributed by atoms with Crippen LogP contribution in [0.15, 0.2) is 18.7 Å². The van der Waals surface area contributed by atoms with Crippen LogP contribution in [-0.2, 0) is 11.3 Å². The van der Waals surface area contributed by atoms with Crippen LogP contribution in [0.3, 0.4) is 0 Å². The van der Waals surface area contributed by atoms with Crippen molar-refractivity contribution in [2.75, 3.05) is 19.8 Å². The normalized spacial score (nSPS) is 10.5. The third-order valence-electron chi connectivity index (χ3n) is 2.04. The summed E-state index contributed by atoms with van der Waals surface area (Å²) >= 11 is 0. The van der Waals surface area contributed by atoms with Crippen molar-refractivity contribution in [2.45, 2.75) is 26.3 Å². The highest BCUT2D eigenvalue weighted by atomic mass is 16.5. The Morgan fingerprint density at radius 1 is 1.27 bits per heavy atom. The fourth-order valence-electron chi connectivity index (χ4n) is 1.25. The Labute approximate surface area is 91.1 Å². The number of aromatic nitrogens is 2. The molecule has 0 saturated carbocycles. The van der Waals surface area contributed by atoms with E-state index in [0.717, 1.165) is 44.7 Å². The van der Waals surface area contributed by atoms with Crippen LogP contribution < -0.4 is 5.32 Å². The van der Waals surface area contributed by atoms with Crippen molar-refractivity contribution < 1.29 is 4.74 Å². The number of unbranched alkanes of at least 4 members (excludes halogenated alkanes) is 1. The summed E-state index contributed by atoms with van der Waals surface area (Å²) in [6.07, 6.45) is 7.48. The molecule has 0 bridgehead atoms. The number of nitrogens with zero attached hydrogens (tertiary/aromatic N) is 2. The van der Waals surface area contributed by atoms with Gasteiger partial charge in [-0.3, -0.25) is 0 Å². The SMILES string of the molecule is CCOCCCCNCc1cncnc1. The Bertz CT molecular complexity index is 241. The zero-order chi connectivity index (χ0) is 10.8. The standard InChI is InChI=1S/C11H19N3O/c1-2-15-6-4-3-5-12-7-11-8-13-10-14-9-11/h8-10,12H,2-7H2,1H3. The topological polar surface area (TPSA) is 47.0 Å². The van der Waals surface area contributed by atoms with Gasteiger partial charge in [-0.1, -0.05) is 0 Å². The average Bonchev–Trinajstić information content (AvgIpc) is 2.29. The minimum atomic E-state index is 0.814. The zero-order valence-corrected chi connectivity index (χ0v) is 9.28. The maximum atomic E-state index is 5.25. The molecule has 0 atom stereocenters. The fraction of sp³-hybridized carbons (Fsp3) is 0.636. The largest absolute Gasteiger partial charge is 0.382 e. The summed E-state index contributed by atoms with van der Waals surface area (Å²) in [6.45, 7) is 5.56. The van der Waals surface area contributed by atoms with Crippen molar-refractivity contribution in [1.82, 2.24) is 15.3 Å². The molecular formula is C11H19N3O. The monoisotopic (exact) mass is 209 g/mol. The molecule has 0 amide bonds. The highest BCUT2D eigenvalue weighted by molar-refractivity contribution is 5.01. The molecule has 0 saturated heterocycles. The predicted octanol–water partition coefficient (Wildman–Crippen LogP) is 1.38. The molecule has 0 aromatic carbocycles. The maximum absolute atomic E-state index is 5.25. The smallest absolute Gasteiger partial charge is 0.115 e. The van der Waals surface area contributed by atoms with Gasteiger partial charge in [0.1, 0.15) is 6.33 Å². The molecule has 1 N–H and O–H groups in total. The van der Waals surface area contributed by atoms with Crippen LogP contribution in [0, 0.1) is 0 Å². The van der Waals surface area contributed by atoms with Crippen LogP contribution in [0.1, 0.15) is 25.3 Å². The van der Waals surface area contributed by atoms with E-state index in [0.29, 0.717) is 0 Å². The molecule has 4 heteroatoms. The summed E-state index contributed by atoms with van der Waals surface area (Å²) in [7, 11) is 0. The number of rotatable bonds is 8. The van der Waals surface area contributed by atoms with E-state index in [9.17, 15) is 0 Å². The predicted molar refractivity (Wildman–Crippen MR) is 59.5 cm³/mol. The van der Waals surface area contributed by atoms with Crippen LogP contribution in [-0.4, -0.2) is 29.7 Å². The molecule has 1 heterocycles. The second kappa shape index (κ2) is 8.32. The molecule has 84 valence electrons. The minimum absolute atomic E-state index is 0.814. The third kappa shape index (κ3) is 6.14. The van der Waals surface area contributed by atoms with Gasteiger partial charge >= 0.3 is 0 Å². The molecule has 4 nitrogen and oxygen atoms in total. The van der Waals surface area contributed by atoms with E-state index >= 15 is 0 Å². The number of nitrogens with one attached hydrogen (secondary N) is 1. The van der Waals surface area contributed by atoms with Crippen LogP contribution >= 0.6 is 0 Å². The lowest BCUT2D eigenvalue weighted by Gasteiger charge is -2.04. The first-order chi connectivity index (χ1) is 7.43. The third-order valence-corrected chi connectivity index (χ3v) is 2.04. The molecule has 1 aromatic heterocycles. The van der Waals surface area contributed by atoms with Gasteiger partial charge in [0.05, 0.1) is 0 Å². The molecule has 0 spiro atoms. The molecule has 1 rings (SSSR count). The Morgan fingerprint density at radius 3 is 2.80 bits per heavy atom. The summed E-state index contributed by atoms with van der Waals surface area (Å²) in [5, 5.41) is 3.34. The van der Waals surface area contributed by atoms with E-state index in [4.69, 9.17) is 4.74 Å². The quantitative estimate of drug-likeness (QED) is 0.657. The summed E-state index contributed by atoms with van der Waals surface area (Å²) in [4.78, 5) is 7.91. The molecule has 0 fully saturated rings. The lowest BCUT2D eigenvalue weighted by molar-refractivity contribution is 0.143. The van der Waals surface area contributed by atoms with Crippen molar-refractivity contribution in [2.24, 2.45) is 0 Å². The van der Waals surface area contributed by atoms with Gasteiger partial charge in [0.15, 0.2) is 0 Å². The maximum Gasteiger partial charge on any atom is 0.115 e. The highest BCUT2D eigenvalue weighted by Gasteiger charge is 1.92. The first-order valence-corrected chi connectivity index (χ1v) is 5.46. The molecule has 1 aromatic rings. The van der Waals surface area contributed by atoms with E-state index in [1.54, 1.807) is 6.33 Å². The first-order valence-electron chi connectivity index (χ1n) is 5.46. The van der Waals surface area contributed by atoms with E-state index in [1.807, 2.05) is 19.3 Å². The Morgan fingerprint density at radius 2 is 2.07 bits per heavy atom. The molecule has 15 heavy (non-hydrogen) atoms. The molecule has 0 aliphatic heterocycles. The molecule has 0 aliphatic carbocycles. The van der Waals surface area contributed by atoms with Crippen molar-refractivity contribution in [3.63, 3.8) is 0 Å². The van der Waals surface area contributed by atoms with Gasteiger partial charge in [0.2, 0.25) is 0 Å². The van der Waals surface area contributed by atoms with Crippen molar-refractivity contribution in [1.29, 1.82) is 0 Å². The van der Waals surface area contributed by atoms with Gasteiger partial charge in [-0.05, 0) is 26.3 Å². The summed E-state index contributed by atoms with van der Waals surface area (Å²) in [6, 6.07) is 0. The highest BCUT2D eigenvalue weighted by Crippen LogP contribution is 1.93. The van der Waals surface area contributed by atoms with Gasteiger partial charge < -0.3 is 10.1 Å². The second-order valence-electron chi connectivity index (χ2n) is 3.33. The number of hydrogen-bond acceptors (Lipinski definition) is 4. The molecular weight excluding hydrogens is 190 g/mol.